The largest absolute Gasteiger partial charge is 0.327 e. The van der Waals surface area contributed by atoms with Crippen molar-refractivity contribution in [2.75, 3.05) is 13.6 Å². The van der Waals surface area contributed by atoms with Gasteiger partial charge in [0.25, 0.3) is 0 Å². The summed E-state index contributed by atoms with van der Waals surface area (Å²) in [6, 6.07) is 5.53. The fourth-order valence-corrected chi connectivity index (χ4v) is 2.10. The minimum atomic E-state index is -3.71. The minimum absolute atomic E-state index is 0.0351. The number of benzene rings is 1. The zero-order chi connectivity index (χ0) is 15.3. The first-order valence-corrected chi connectivity index (χ1v) is 7.39. The van der Waals surface area contributed by atoms with E-state index in [9.17, 15) is 13.2 Å². The SMILES string of the molecule is C#CCNC(=O)N(C)C(C)c1ccc(S(N)(=O)=O)cc1. The average molecular weight is 295 g/mol. The number of terminal acetylenes is 1. The van der Waals surface area contributed by atoms with Crippen molar-refractivity contribution in [1.82, 2.24) is 10.2 Å². The maximum Gasteiger partial charge on any atom is 0.318 e. The molecular weight excluding hydrogens is 278 g/mol. The number of nitrogens with two attached hydrogens (primary N) is 1. The second-order valence-electron chi connectivity index (χ2n) is 4.26. The molecule has 0 saturated heterocycles. The van der Waals surface area contributed by atoms with Crippen molar-refractivity contribution < 1.29 is 13.2 Å². The number of urea groups is 1. The lowest BCUT2D eigenvalue weighted by Crippen LogP contribution is -2.38. The molecule has 0 fully saturated rings. The van der Waals surface area contributed by atoms with Crippen molar-refractivity contribution in [1.29, 1.82) is 0 Å². The lowest BCUT2D eigenvalue weighted by atomic mass is 10.1. The predicted octanol–water partition coefficient (Wildman–Crippen LogP) is 0.670. The van der Waals surface area contributed by atoms with Crippen LogP contribution in [0.4, 0.5) is 4.79 Å². The summed E-state index contributed by atoms with van der Waals surface area (Å²) in [5, 5.41) is 7.58. The Morgan fingerprint density at radius 2 is 2.00 bits per heavy atom. The first-order chi connectivity index (χ1) is 9.27. The van der Waals surface area contributed by atoms with Gasteiger partial charge in [0.2, 0.25) is 10.0 Å². The maximum atomic E-state index is 11.7. The molecule has 0 heterocycles. The predicted molar refractivity (Wildman–Crippen MR) is 76.2 cm³/mol. The van der Waals surface area contributed by atoms with Gasteiger partial charge in [-0.05, 0) is 24.6 Å². The third-order valence-corrected chi connectivity index (χ3v) is 3.86. The van der Waals surface area contributed by atoms with Gasteiger partial charge in [-0.2, -0.15) is 0 Å². The summed E-state index contributed by atoms with van der Waals surface area (Å²) in [6.45, 7) is 1.97. The van der Waals surface area contributed by atoms with Gasteiger partial charge in [0, 0.05) is 7.05 Å². The van der Waals surface area contributed by atoms with Gasteiger partial charge >= 0.3 is 6.03 Å². The highest BCUT2D eigenvalue weighted by molar-refractivity contribution is 7.89. The molecule has 2 amide bonds. The van der Waals surface area contributed by atoms with Crippen LogP contribution in [-0.4, -0.2) is 32.9 Å². The van der Waals surface area contributed by atoms with Crippen LogP contribution in [-0.2, 0) is 10.0 Å². The molecule has 1 unspecified atom stereocenters. The van der Waals surface area contributed by atoms with Crippen LogP contribution in [0.5, 0.6) is 0 Å². The molecule has 108 valence electrons. The Bertz CT molecular complexity index is 617. The van der Waals surface area contributed by atoms with Crippen LogP contribution >= 0.6 is 0 Å². The van der Waals surface area contributed by atoms with E-state index in [0.717, 1.165) is 5.56 Å². The Labute approximate surface area is 119 Å². The van der Waals surface area contributed by atoms with Crippen LogP contribution < -0.4 is 10.5 Å². The molecule has 7 heteroatoms. The third kappa shape index (κ3) is 3.98. The summed E-state index contributed by atoms with van der Waals surface area (Å²) in [5.74, 6) is 2.32. The zero-order valence-electron chi connectivity index (χ0n) is 11.3. The smallest absolute Gasteiger partial charge is 0.318 e. The quantitative estimate of drug-likeness (QED) is 0.800. The molecule has 1 atom stereocenters. The molecule has 0 radical (unpaired) electrons. The van der Waals surface area contributed by atoms with E-state index in [2.05, 4.69) is 11.2 Å². The zero-order valence-corrected chi connectivity index (χ0v) is 12.1. The van der Waals surface area contributed by atoms with E-state index in [1.807, 2.05) is 6.92 Å². The summed E-state index contributed by atoms with van der Waals surface area (Å²) in [6.07, 6.45) is 5.07. The van der Waals surface area contributed by atoms with Crippen LogP contribution in [0.1, 0.15) is 18.5 Å². The second-order valence-corrected chi connectivity index (χ2v) is 5.83. The number of carbonyl (C=O) groups is 1. The normalized spacial score (nSPS) is 12.3. The Kier molecular flexibility index (Phi) is 5.13. The Hall–Kier alpha value is -2.04. The first-order valence-electron chi connectivity index (χ1n) is 5.84. The van der Waals surface area contributed by atoms with Gasteiger partial charge < -0.3 is 10.2 Å². The summed E-state index contributed by atoms with van der Waals surface area (Å²) in [4.78, 5) is 13.3. The van der Waals surface area contributed by atoms with Crippen LogP contribution in [0.15, 0.2) is 29.2 Å². The van der Waals surface area contributed by atoms with Gasteiger partial charge in [-0.3, -0.25) is 0 Å². The minimum Gasteiger partial charge on any atom is -0.327 e. The molecule has 0 aromatic heterocycles. The van der Waals surface area contributed by atoms with Crippen LogP contribution in [0, 0.1) is 12.3 Å². The van der Waals surface area contributed by atoms with Crippen LogP contribution in [0.2, 0.25) is 0 Å². The molecule has 0 spiro atoms. The number of amides is 2. The highest BCUT2D eigenvalue weighted by atomic mass is 32.2. The standard InChI is InChI=1S/C13H17N3O3S/c1-4-9-15-13(17)16(3)10(2)11-5-7-12(8-6-11)20(14,18)19/h1,5-8,10H,9H2,2-3H3,(H,15,17)(H2,14,18,19). The molecule has 0 saturated carbocycles. The molecule has 1 aromatic rings. The van der Waals surface area contributed by atoms with Gasteiger partial charge in [0.15, 0.2) is 0 Å². The monoisotopic (exact) mass is 295 g/mol. The van der Waals surface area contributed by atoms with Gasteiger partial charge in [0.05, 0.1) is 17.5 Å². The van der Waals surface area contributed by atoms with Crippen LogP contribution in [0.25, 0.3) is 0 Å². The van der Waals surface area contributed by atoms with Crippen molar-refractivity contribution in [3.8, 4) is 12.3 Å². The molecule has 3 N–H and O–H groups in total. The number of hydrogen-bond acceptors (Lipinski definition) is 3. The molecule has 20 heavy (non-hydrogen) atoms. The van der Waals surface area contributed by atoms with Crippen molar-refractivity contribution in [2.24, 2.45) is 5.14 Å². The maximum absolute atomic E-state index is 11.7. The van der Waals surface area contributed by atoms with E-state index in [0.29, 0.717) is 0 Å². The summed E-state index contributed by atoms with van der Waals surface area (Å²) in [5.41, 5.74) is 0.788. The average Bonchev–Trinajstić information content (AvgIpc) is 2.42. The van der Waals surface area contributed by atoms with E-state index in [4.69, 9.17) is 11.6 Å². The summed E-state index contributed by atoms with van der Waals surface area (Å²) >= 11 is 0. The molecule has 0 aliphatic rings. The second kappa shape index (κ2) is 6.41. The van der Waals surface area contributed by atoms with Crippen molar-refractivity contribution in [3.05, 3.63) is 29.8 Å². The Balaban J connectivity index is 2.85. The van der Waals surface area contributed by atoms with Crippen molar-refractivity contribution >= 4 is 16.1 Å². The fraction of sp³-hybridized carbons (Fsp3) is 0.308. The lowest BCUT2D eigenvalue weighted by molar-refractivity contribution is 0.195. The molecule has 0 bridgehead atoms. The highest BCUT2D eigenvalue weighted by Crippen LogP contribution is 2.20. The molecular formula is C13H17N3O3S. The number of carbonyl (C=O) groups excluding carboxylic acids is 1. The first kappa shape index (κ1) is 16.0. The number of hydrogen-bond donors (Lipinski definition) is 2. The van der Waals surface area contributed by atoms with Gasteiger partial charge in [-0.1, -0.05) is 18.1 Å². The van der Waals surface area contributed by atoms with Crippen molar-refractivity contribution in [2.45, 2.75) is 17.9 Å². The van der Waals surface area contributed by atoms with Crippen molar-refractivity contribution in [3.63, 3.8) is 0 Å². The third-order valence-electron chi connectivity index (χ3n) is 2.93. The number of primary sulfonamides is 1. The highest BCUT2D eigenvalue weighted by Gasteiger charge is 2.17. The Morgan fingerprint density at radius 3 is 2.45 bits per heavy atom. The topological polar surface area (TPSA) is 92.5 Å². The van der Waals surface area contributed by atoms with E-state index >= 15 is 0 Å². The number of nitrogens with zero attached hydrogens (tertiary/aromatic N) is 1. The lowest BCUT2D eigenvalue weighted by Gasteiger charge is -2.25. The van der Waals surface area contributed by atoms with Gasteiger partial charge in [-0.25, -0.2) is 18.4 Å². The molecule has 0 aliphatic carbocycles. The van der Waals surface area contributed by atoms with E-state index in [-0.39, 0.29) is 23.5 Å². The number of rotatable bonds is 4. The Morgan fingerprint density at radius 1 is 1.45 bits per heavy atom. The number of nitrogens with one attached hydrogen (secondary N) is 1. The summed E-state index contributed by atoms with van der Waals surface area (Å²) in [7, 11) is -2.08. The molecule has 1 aromatic carbocycles. The van der Waals surface area contributed by atoms with Gasteiger partial charge in [-0.15, -0.1) is 6.42 Å². The summed E-state index contributed by atoms with van der Waals surface area (Å²) < 4.78 is 22.3. The van der Waals surface area contributed by atoms with E-state index < -0.39 is 10.0 Å². The molecule has 1 rings (SSSR count). The van der Waals surface area contributed by atoms with E-state index in [1.165, 1.54) is 17.0 Å². The fourth-order valence-electron chi connectivity index (χ4n) is 1.59. The van der Waals surface area contributed by atoms with Crippen LogP contribution in [0.3, 0.4) is 0 Å². The number of sulfonamides is 1. The molecule has 0 aliphatic heterocycles. The molecule has 6 nitrogen and oxygen atoms in total. The van der Waals surface area contributed by atoms with E-state index in [1.54, 1.807) is 19.2 Å². The van der Waals surface area contributed by atoms with Gasteiger partial charge in [0.1, 0.15) is 0 Å².